The van der Waals surface area contributed by atoms with Gasteiger partial charge in [-0.05, 0) is 16.3 Å². The van der Waals surface area contributed by atoms with Crippen LogP contribution < -0.4 is 5.19 Å². The summed E-state index contributed by atoms with van der Waals surface area (Å²) in [5.74, 6) is 0. The maximum atomic E-state index is 2.67. The van der Waals surface area contributed by atoms with E-state index < -0.39 is 8.96 Å². The summed E-state index contributed by atoms with van der Waals surface area (Å²) in [5.41, 5.74) is 2.78. The highest BCUT2D eigenvalue weighted by Gasteiger charge is 2.18. The lowest BCUT2D eigenvalue weighted by atomic mass is 10.2. The lowest BCUT2D eigenvalue weighted by Crippen LogP contribution is -2.45. The fraction of sp³-hybridized carbons (Fsp3) is 0.143. The smallest absolute Gasteiger partial charge is 0.141 e. The molecule has 2 heteroatoms. The van der Waals surface area contributed by atoms with Crippen LogP contribution in [0.2, 0.25) is 6.55 Å². The van der Waals surface area contributed by atoms with E-state index in [4.69, 9.17) is 0 Å². The standard InChI is InChI=1S/C21H23NSi/c1-23(21-15-9-4-10-16-21)22(17-19-11-5-2-6-12-19)18-20-13-7-3-8-14-20/h2-16,23H,17-18H2,1H3. The molecule has 0 saturated carbocycles. The Morgan fingerprint density at radius 2 is 1.00 bits per heavy atom. The van der Waals surface area contributed by atoms with Crippen LogP contribution in [0.5, 0.6) is 0 Å². The van der Waals surface area contributed by atoms with Crippen LogP contribution in [0.3, 0.4) is 0 Å². The van der Waals surface area contributed by atoms with Gasteiger partial charge >= 0.3 is 0 Å². The largest absolute Gasteiger partial charge is 0.314 e. The summed E-state index contributed by atoms with van der Waals surface area (Å²) in [4.78, 5) is 0. The van der Waals surface area contributed by atoms with Crippen molar-refractivity contribution in [2.24, 2.45) is 0 Å². The van der Waals surface area contributed by atoms with Crippen molar-refractivity contribution in [3.8, 4) is 0 Å². The van der Waals surface area contributed by atoms with Gasteiger partial charge in [0.05, 0.1) is 0 Å². The fourth-order valence-corrected chi connectivity index (χ4v) is 5.08. The highest BCUT2D eigenvalue weighted by atomic mass is 28.3. The molecule has 0 aliphatic rings. The molecule has 0 heterocycles. The Balaban J connectivity index is 1.83. The molecular weight excluding hydrogens is 294 g/mol. The first kappa shape index (κ1) is 15.7. The van der Waals surface area contributed by atoms with Gasteiger partial charge in [-0.1, -0.05) is 97.5 Å². The Bertz CT molecular complexity index is 656. The van der Waals surface area contributed by atoms with Crippen LogP contribution in [0.1, 0.15) is 11.1 Å². The molecule has 0 aromatic heterocycles. The molecule has 0 saturated heterocycles. The molecule has 3 rings (SSSR count). The Morgan fingerprint density at radius 1 is 0.609 bits per heavy atom. The molecule has 0 bridgehead atoms. The molecule has 0 spiro atoms. The number of rotatable bonds is 6. The van der Waals surface area contributed by atoms with Gasteiger partial charge in [-0.15, -0.1) is 0 Å². The van der Waals surface area contributed by atoms with Crippen molar-refractivity contribution < 1.29 is 0 Å². The number of nitrogens with zero attached hydrogens (tertiary/aromatic N) is 1. The van der Waals surface area contributed by atoms with Gasteiger partial charge in [-0.25, -0.2) is 0 Å². The minimum Gasteiger partial charge on any atom is -0.314 e. The zero-order valence-electron chi connectivity index (χ0n) is 13.6. The molecule has 0 radical (unpaired) electrons. The van der Waals surface area contributed by atoms with Crippen molar-refractivity contribution in [2.45, 2.75) is 19.6 Å². The quantitative estimate of drug-likeness (QED) is 0.622. The lowest BCUT2D eigenvalue weighted by Gasteiger charge is -2.29. The van der Waals surface area contributed by atoms with E-state index in [0.717, 1.165) is 13.1 Å². The molecule has 23 heavy (non-hydrogen) atoms. The van der Waals surface area contributed by atoms with Gasteiger partial charge in [0.2, 0.25) is 0 Å². The maximum Gasteiger partial charge on any atom is 0.141 e. The molecule has 0 N–H and O–H groups in total. The predicted molar refractivity (Wildman–Crippen MR) is 101 cm³/mol. The first-order valence-electron chi connectivity index (χ1n) is 8.20. The van der Waals surface area contributed by atoms with Gasteiger partial charge in [-0.3, -0.25) is 0 Å². The van der Waals surface area contributed by atoms with Crippen LogP contribution >= 0.6 is 0 Å². The molecule has 0 aliphatic heterocycles. The molecule has 0 fully saturated rings. The first-order chi connectivity index (χ1) is 11.3. The van der Waals surface area contributed by atoms with Crippen molar-refractivity contribution in [3.05, 3.63) is 102 Å². The summed E-state index contributed by atoms with van der Waals surface area (Å²) >= 11 is 0. The van der Waals surface area contributed by atoms with Crippen molar-refractivity contribution in [1.82, 2.24) is 4.57 Å². The van der Waals surface area contributed by atoms with Crippen LogP contribution in [-0.4, -0.2) is 13.5 Å². The van der Waals surface area contributed by atoms with Crippen LogP contribution in [0, 0.1) is 0 Å². The second-order valence-corrected chi connectivity index (χ2v) is 8.71. The van der Waals surface area contributed by atoms with Gasteiger partial charge < -0.3 is 4.57 Å². The molecule has 3 aromatic rings. The normalized spacial score (nSPS) is 12.3. The second kappa shape index (κ2) is 7.91. The van der Waals surface area contributed by atoms with E-state index >= 15 is 0 Å². The summed E-state index contributed by atoms with van der Waals surface area (Å²) in [6, 6.07) is 32.6. The summed E-state index contributed by atoms with van der Waals surface area (Å²) in [6.07, 6.45) is 0. The summed E-state index contributed by atoms with van der Waals surface area (Å²) < 4.78 is 2.67. The summed E-state index contributed by atoms with van der Waals surface area (Å²) in [5, 5.41) is 1.50. The minimum absolute atomic E-state index is 1.01. The molecule has 1 unspecified atom stereocenters. The van der Waals surface area contributed by atoms with E-state index in [1.165, 1.54) is 16.3 Å². The van der Waals surface area contributed by atoms with Gasteiger partial charge in [0.25, 0.3) is 0 Å². The molecule has 0 amide bonds. The second-order valence-electron chi connectivity index (χ2n) is 5.96. The monoisotopic (exact) mass is 317 g/mol. The van der Waals surface area contributed by atoms with E-state index in [1.807, 2.05) is 0 Å². The van der Waals surface area contributed by atoms with E-state index in [2.05, 4.69) is 102 Å². The van der Waals surface area contributed by atoms with Crippen molar-refractivity contribution in [2.75, 3.05) is 0 Å². The van der Waals surface area contributed by atoms with Gasteiger partial charge in [-0.2, -0.15) is 0 Å². The maximum absolute atomic E-state index is 2.67. The van der Waals surface area contributed by atoms with Crippen molar-refractivity contribution in [1.29, 1.82) is 0 Å². The van der Waals surface area contributed by atoms with E-state index in [0.29, 0.717) is 0 Å². The highest BCUT2D eigenvalue weighted by molar-refractivity contribution is 6.69. The van der Waals surface area contributed by atoms with Crippen LogP contribution in [0.25, 0.3) is 0 Å². The van der Waals surface area contributed by atoms with Crippen LogP contribution in [-0.2, 0) is 13.1 Å². The Kier molecular flexibility index (Phi) is 5.40. The average Bonchev–Trinajstić information content (AvgIpc) is 2.63. The minimum atomic E-state index is -1.18. The molecule has 1 nitrogen and oxygen atoms in total. The molecule has 0 aliphatic carbocycles. The molecular formula is C21H23NSi. The topological polar surface area (TPSA) is 3.24 Å². The molecule has 1 atom stereocenters. The Hall–Kier alpha value is -2.16. The van der Waals surface area contributed by atoms with Gasteiger partial charge in [0, 0.05) is 13.1 Å². The molecule has 3 aromatic carbocycles. The number of hydrogen-bond acceptors (Lipinski definition) is 1. The third-order valence-electron chi connectivity index (χ3n) is 4.29. The van der Waals surface area contributed by atoms with Gasteiger partial charge in [0.1, 0.15) is 8.96 Å². The lowest BCUT2D eigenvalue weighted by molar-refractivity contribution is 0.427. The third-order valence-corrected chi connectivity index (χ3v) is 7.10. The SMILES string of the molecule is C[SiH](c1ccccc1)N(Cc1ccccc1)Cc1ccccc1. The zero-order chi connectivity index (χ0) is 15.9. The average molecular weight is 318 g/mol. The van der Waals surface area contributed by atoms with Gasteiger partial charge in [0.15, 0.2) is 0 Å². The highest BCUT2D eigenvalue weighted by Crippen LogP contribution is 2.12. The van der Waals surface area contributed by atoms with Crippen LogP contribution in [0.15, 0.2) is 91.0 Å². The number of hydrogen-bond donors (Lipinski definition) is 0. The molecule has 116 valence electrons. The first-order valence-corrected chi connectivity index (χ1v) is 10.4. The van der Waals surface area contributed by atoms with Crippen molar-refractivity contribution in [3.63, 3.8) is 0 Å². The predicted octanol–water partition coefficient (Wildman–Crippen LogP) is 3.95. The van der Waals surface area contributed by atoms with Crippen molar-refractivity contribution >= 4 is 14.1 Å². The fourth-order valence-electron chi connectivity index (χ4n) is 2.91. The Morgan fingerprint density at radius 3 is 1.43 bits per heavy atom. The third kappa shape index (κ3) is 4.41. The summed E-state index contributed by atoms with van der Waals surface area (Å²) in [6.45, 7) is 4.46. The van der Waals surface area contributed by atoms with E-state index in [9.17, 15) is 0 Å². The van der Waals surface area contributed by atoms with E-state index in [-0.39, 0.29) is 0 Å². The Labute approximate surface area is 140 Å². The van der Waals surface area contributed by atoms with Crippen LogP contribution in [0.4, 0.5) is 0 Å². The number of benzene rings is 3. The zero-order valence-corrected chi connectivity index (χ0v) is 14.8. The van der Waals surface area contributed by atoms with E-state index in [1.54, 1.807) is 0 Å². The summed E-state index contributed by atoms with van der Waals surface area (Å²) in [7, 11) is -1.18.